The Balaban J connectivity index is 1.79. The molecule has 0 aliphatic heterocycles. The second-order valence-electron chi connectivity index (χ2n) is 4.96. The summed E-state index contributed by atoms with van der Waals surface area (Å²) in [5.74, 6) is 0. The van der Waals surface area contributed by atoms with E-state index < -0.39 is 0 Å². The number of aliphatic hydroxyl groups is 1. The Kier molecular flexibility index (Phi) is 3.25. The van der Waals surface area contributed by atoms with Gasteiger partial charge in [-0.05, 0) is 16.8 Å². The summed E-state index contributed by atoms with van der Waals surface area (Å²) in [4.78, 5) is 5.26. The van der Waals surface area contributed by atoms with E-state index in [4.69, 9.17) is 5.11 Å². The van der Waals surface area contributed by atoms with Crippen LogP contribution in [0.3, 0.4) is 0 Å². The zero-order valence-electron chi connectivity index (χ0n) is 11.7. The average Bonchev–Trinajstić information content (AvgIpc) is 3.12. The molecule has 6 heteroatoms. The van der Waals surface area contributed by atoms with Crippen LogP contribution in [-0.2, 0) is 0 Å². The van der Waals surface area contributed by atoms with Crippen molar-refractivity contribution in [3.05, 3.63) is 48.7 Å². The monoisotopic (exact) mass is 310 g/mol. The van der Waals surface area contributed by atoms with Crippen LogP contribution in [0, 0.1) is 0 Å². The van der Waals surface area contributed by atoms with Crippen molar-refractivity contribution in [2.24, 2.45) is 0 Å². The van der Waals surface area contributed by atoms with Crippen LogP contribution >= 0.6 is 11.3 Å². The van der Waals surface area contributed by atoms with Gasteiger partial charge < -0.3 is 10.4 Å². The number of imidazole rings is 1. The largest absolute Gasteiger partial charge is 0.395 e. The first kappa shape index (κ1) is 13.2. The van der Waals surface area contributed by atoms with Gasteiger partial charge in [-0.1, -0.05) is 47.7 Å². The fraction of sp³-hybridized carbons (Fsp3) is 0.125. The normalized spacial score (nSPS) is 11.3. The highest BCUT2D eigenvalue weighted by Gasteiger charge is 2.11. The zero-order valence-corrected chi connectivity index (χ0v) is 12.5. The third kappa shape index (κ3) is 2.22. The standard InChI is InChI=1S/C16H14N4OS/c21-8-7-17-15-19-20-14(10-18-16(20)22-15)13-6-5-11-3-1-2-4-12(11)9-13/h1-6,9-10,21H,7-8H2,(H,17,19). The average molecular weight is 310 g/mol. The number of hydrogen-bond acceptors (Lipinski definition) is 5. The number of hydrogen-bond donors (Lipinski definition) is 2. The molecule has 2 aromatic carbocycles. The van der Waals surface area contributed by atoms with Crippen molar-refractivity contribution in [2.45, 2.75) is 0 Å². The summed E-state index contributed by atoms with van der Waals surface area (Å²) in [7, 11) is 0. The highest BCUT2D eigenvalue weighted by atomic mass is 32.1. The first-order valence-corrected chi connectivity index (χ1v) is 7.85. The van der Waals surface area contributed by atoms with Crippen molar-refractivity contribution in [3.8, 4) is 11.3 Å². The lowest BCUT2D eigenvalue weighted by molar-refractivity contribution is 0.311. The maximum Gasteiger partial charge on any atom is 0.214 e. The van der Waals surface area contributed by atoms with Gasteiger partial charge in [-0.2, -0.15) is 0 Å². The van der Waals surface area contributed by atoms with E-state index in [1.807, 2.05) is 22.8 Å². The van der Waals surface area contributed by atoms with Crippen molar-refractivity contribution in [1.82, 2.24) is 14.6 Å². The van der Waals surface area contributed by atoms with E-state index in [0.717, 1.165) is 21.3 Å². The number of aromatic nitrogens is 3. The third-order valence-corrected chi connectivity index (χ3v) is 4.40. The van der Waals surface area contributed by atoms with Gasteiger partial charge >= 0.3 is 0 Å². The molecule has 22 heavy (non-hydrogen) atoms. The van der Waals surface area contributed by atoms with E-state index in [-0.39, 0.29) is 6.61 Å². The number of benzene rings is 2. The van der Waals surface area contributed by atoms with Crippen LogP contribution in [0.25, 0.3) is 27.0 Å². The Morgan fingerprint density at radius 2 is 2.00 bits per heavy atom. The van der Waals surface area contributed by atoms with Crippen LogP contribution < -0.4 is 5.32 Å². The molecule has 0 spiro atoms. The van der Waals surface area contributed by atoms with Gasteiger partial charge in [0, 0.05) is 12.1 Å². The second kappa shape index (κ2) is 5.40. The molecule has 2 heterocycles. The lowest BCUT2D eigenvalue weighted by atomic mass is 10.1. The predicted molar refractivity (Wildman–Crippen MR) is 89.4 cm³/mol. The Labute approximate surface area is 130 Å². The van der Waals surface area contributed by atoms with Gasteiger partial charge in [0.1, 0.15) is 0 Å². The van der Waals surface area contributed by atoms with Gasteiger partial charge in [0.15, 0.2) is 0 Å². The van der Waals surface area contributed by atoms with Crippen molar-refractivity contribution < 1.29 is 5.11 Å². The molecule has 2 aromatic heterocycles. The van der Waals surface area contributed by atoms with Crippen LogP contribution in [0.5, 0.6) is 0 Å². The van der Waals surface area contributed by atoms with Gasteiger partial charge in [-0.25, -0.2) is 9.50 Å². The first-order valence-electron chi connectivity index (χ1n) is 7.03. The van der Waals surface area contributed by atoms with Gasteiger partial charge in [0.05, 0.1) is 18.5 Å². The smallest absolute Gasteiger partial charge is 0.214 e. The predicted octanol–water partition coefficient (Wildman–Crippen LogP) is 3.02. The number of fused-ring (bicyclic) bond motifs is 2. The number of anilines is 1. The molecule has 4 aromatic rings. The van der Waals surface area contributed by atoms with Crippen LogP contribution in [-0.4, -0.2) is 32.9 Å². The molecule has 0 saturated carbocycles. The van der Waals surface area contributed by atoms with E-state index in [1.54, 1.807) is 0 Å². The summed E-state index contributed by atoms with van der Waals surface area (Å²) in [5, 5.41) is 19.6. The minimum Gasteiger partial charge on any atom is -0.395 e. The topological polar surface area (TPSA) is 62.5 Å². The molecule has 0 bridgehead atoms. The fourth-order valence-corrected chi connectivity index (χ4v) is 3.27. The molecule has 0 amide bonds. The van der Waals surface area contributed by atoms with Crippen LogP contribution in [0.2, 0.25) is 0 Å². The molecule has 0 fully saturated rings. The van der Waals surface area contributed by atoms with Gasteiger partial charge in [-0.3, -0.25) is 0 Å². The minimum atomic E-state index is 0.0828. The maximum atomic E-state index is 8.88. The highest BCUT2D eigenvalue weighted by Crippen LogP contribution is 2.28. The summed E-state index contributed by atoms with van der Waals surface area (Å²) in [6, 6.07) is 14.6. The molecule has 0 saturated heterocycles. The Morgan fingerprint density at radius 3 is 2.86 bits per heavy atom. The number of nitrogens with one attached hydrogen (secondary N) is 1. The van der Waals surface area contributed by atoms with Crippen molar-refractivity contribution in [2.75, 3.05) is 18.5 Å². The van der Waals surface area contributed by atoms with E-state index in [0.29, 0.717) is 6.54 Å². The molecule has 0 aliphatic rings. The Bertz CT molecular complexity index is 944. The molecule has 0 unspecified atom stereocenters. The van der Waals surface area contributed by atoms with Gasteiger partial charge in [0.25, 0.3) is 0 Å². The zero-order chi connectivity index (χ0) is 14.9. The molecule has 4 rings (SSSR count). The van der Waals surface area contributed by atoms with E-state index in [2.05, 4.69) is 45.7 Å². The van der Waals surface area contributed by atoms with E-state index >= 15 is 0 Å². The van der Waals surface area contributed by atoms with Crippen LogP contribution in [0.1, 0.15) is 0 Å². The van der Waals surface area contributed by atoms with E-state index in [9.17, 15) is 0 Å². The van der Waals surface area contributed by atoms with E-state index in [1.165, 1.54) is 22.1 Å². The molecule has 5 nitrogen and oxygen atoms in total. The first-order chi connectivity index (χ1) is 10.8. The SMILES string of the molecule is OCCNc1nn2c(-c3ccc4ccccc4c3)cnc2s1. The Morgan fingerprint density at radius 1 is 1.14 bits per heavy atom. The van der Waals surface area contributed by atoms with Crippen molar-refractivity contribution in [1.29, 1.82) is 0 Å². The van der Waals surface area contributed by atoms with Crippen molar-refractivity contribution in [3.63, 3.8) is 0 Å². The van der Waals surface area contributed by atoms with Crippen LogP contribution in [0.4, 0.5) is 5.13 Å². The van der Waals surface area contributed by atoms with Crippen molar-refractivity contribution >= 4 is 32.2 Å². The summed E-state index contributed by atoms with van der Waals surface area (Å²) >= 11 is 1.47. The molecule has 110 valence electrons. The van der Waals surface area contributed by atoms with Gasteiger partial charge in [-0.15, -0.1) is 5.10 Å². The lowest BCUT2D eigenvalue weighted by Crippen LogP contribution is -2.05. The summed E-state index contributed by atoms with van der Waals surface area (Å²) in [5.41, 5.74) is 2.05. The molecular formula is C16H14N4OS. The van der Waals surface area contributed by atoms with Crippen LogP contribution in [0.15, 0.2) is 48.7 Å². The molecule has 0 aliphatic carbocycles. The third-order valence-electron chi connectivity index (χ3n) is 3.52. The molecular weight excluding hydrogens is 296 g/mol. The second-order valence-corrected chi connectivity index (χ2v) is 5.91. The number of aliphatic hydroxyl groups excluding tert-OH is 1. The Hall–Kier alpha value is -2.44. The fourth-order valence-electron chi connectivity index (χ4n) is 2.47. The minimum absolute atomic E-state index is 0.0828. The maximum absolute atomic E-state index is 8.88. The highest BCUT2D eigenvalue weighted by molar-refractivity contribution is 7.20. The quantitative estimate of drug-likeness (QED) is 0.608. The number of nitrogens with zero attached hydrogens (tertiary/aromatic N) is 3. The lowest BCUT2D eigenvalue weighted by Gasteiger charge is -2.02. The summed E-state index contributed by atoms with van der Waals surface area (Å²) < 4.78 is 1.84. The molecule has 0 radical (unpaired) electrons. The number of rotatable bonds is 4. The summed E-state index contributed by atoms with van der Waals surface area (Å²) in [6.45, 7) is 0.571. The van der Waals surface area contributed by atoms with Gasteiger partial charge in [0.2, 0.25) is 10.1 Å². The molecule has 2 N–H and O–H groups in total. The molecule has 0 atom stereocenters. The summed E-state index contributed by atoms with van der Waals surface area (Å²) in [6.07, 6.45) is 1.85.